The zero-order chi connectivity index (χ0) is 40.1. The van der Waals surface area contributed by atoms with Crippen molar-refractivity contribution in [3.8, 4) is 0 Å². The van der Waals surface area contributed by atoms with Crippen molar-refractivity contribution in [2.75, 3.05) is 25.6 Å². The Labute approximate surface area is 300 Å². The smallest absolute Gasteiger partial charge is 0.328 e. The fourth-order valence-electron chi connectivity index (χ4n) is 3.91. The number of rotatable bonds is 26. The van der Waals surface area contributed by atoms with Crippen molar-refractivity contribution >= 4 is 71.9 Å². The highest BCUT2D eigenvalue weighted by molar-refractivity contribution is 7.80. The van der Waals surface area contributed by atoms with Gasteiger partial charge < -0.3 is 74.0 Å². The Balaban J connectivity index is 5.87. The van der Waals surface area contributed by atoms with Crippen LogP contribution in [0.5, 0.6) is 0 Å². The minimum absolute atomic E-state index is 0.334. The molecule has 0 aromatic heterocycles. The summed E-state index contributed by atoms with van der Waals surface area (Å²) in [6.07, 6.45) is -2.98. The number of aliphatic hydroxyl groups is 3. The first-order valence-corrected chi connectivity index (χ1v) is 15.9. The average Bonchev–Trinajstić information content (AvgIpc) is 3.08. The standard InChI is InChI=1S/C27H44N8O16S/c28-11(1-5-19(40)41)21(44)30-13(3-6-20(42)43)22(45)31-12(2-4-18(29)39)23(46)35-17(10-52)26(49)33-14(7-36)24(47)32-15(8-37)25(48)34-16(9-38)27(50)51/h11-17,36-38,52H,1-10,28H2,(H2,29,39)(H,30,44)(H,31,45)(H,32,47)(H,33,49)(H,34,48)(H,35,46)(H,40,41)(H,42,43)(H,50,51)/t11-,12-,13-,14-,15-,16-,17-/m0/s1. The Morgan fingerprint density at radius 1 is 0.481 bits per heavy atom. The van der Waals surface area contributed by atoms with Crippen molar-refractivity contribution < 1.29 is 78.6 Å². The van der Waals surface area contributed by atoms with Crippen LogP contribution in [0.25, 0.3) is 0 Å². The molecule has 7 atom stereocenters. The molecular formula is C27H44N8O16S. The molecule has 0 unspecified atom stereocenters. The van der Waals surface area contributed by atoms with Gasteiger partial charge in [-0.25, -0.2) is 4.79 Å². The highest BCUT2D eigenvalue weighted by Crippen LogP contribution is 2.06. The second kappa shape index (κ2) is 24.1. The Morgan fingerprint density at radius 3 is 1.19 bits per heavy atom. The molecule has 0 saturated heterocycles. The monoisotopic (exact) mass is 768 g/mol. The number of hydrogen-bond donors (Lipinski definition) is 15. The number of carboxylic acid groups (broad SMARTS) is 3. The van der Waals surface area contributed by atoms with Gasteiger partial charge in [0.15, 0.2) is 0 Å². The number of thiol groups is 1. The van der Waals surface area contributed by atoms with E-state index in [2.05, 4.69) is 33.9 Å². The lowest BCUT2D eigenvalue weighted by Crippen LogP contribution is -2.61. The van der Waals surface area contributed by atoms with E-state index in [-0.39, 0.29) is 6.42 Å². The highest BCUT2D eigenvalue weighted by Gasteiger charge is 2.33. The fraction of sp³-hybridized carbons (Fsp3) is 0.630. The number of primary amides is 1. The van der Waals surface area contributed by atoms with Crippen LogP contribution in [0, 0.1) is 0 Å². The lowest BCUT2D eigenvalue weighted by molar-refractivity contribution is -0.143. The second-order valence-electron chi connectivity index (χ2n) is 10.9. The summed E-state index contributed by atoms with van der Waals surface area (Å²) in [7, 11) is 0. The zero-order valence-electron chi connectivity index (χ0n) is 27.5. The van der Waals surface area contributed by atoms with Crippen molar-refractivity contribution in [3.05, 3.63) is 0 Å². The number of carbonyl (C=O) groups excluding carboxylic acids is 7. The first-order valence-electron chi connectivity index (χ1n) is 15.3. The van der Waals surface area contributed by atoms with Crippen LogP contribution in [0.4, 0.5) is 0 Å². The highest BCUT2D eigenvalue weighted by atomic mass is 32.1. The zero-order valence-corrected chi connectivity index (χ0v) is 28.4. The van der Waals surface area contributed by atoms with E-state index in [0.29, 0.717) is 0 Å². The third kappa shape index (κ3) is 17.7. The van der Waals surface area contributed by atoms with Crippen LogP contribution in [0.1, 0.15) is 38.5 Å². The molecule has 0 aliphatic heterocycles. The molecule has 0 fully saturated rings. The molecule has 0 aliphatic carbocycles. The van der Waals surface area contributed by atoms with Crippen molar-refractivity contribution in [3.63, 3.8) is 0 Å². The lowest BCUT2D eigenvalue weighted by atomic mass is 10.1. The summed E-state index contributed by atoms with van der Waals surface area (Å²) in [5.41, 5.74) is 10.8. The Bertz CT molecular complexity index is 1320. The number of nitrogens with two attached hydrogens (primary N) is 2. The molecule has 7 amide bonds. The number of nitrogens with one attached hydrogen (secondary N) is 6. The maximum Gasteiger partial charge on any atom is 0.328 e. The van der Waals surface area contributed by atoms with E-state index >= 15 is 0 Å². The lowest BCUT2D eigenvalue weighted by Gasteiger charge is -2.26. The molecule has 0 rings (SSSR count). The van der Waals surface area contributed by atoms with Gasteiger partial charge in [-0.3, -0.25) is 43.2 Å². The van der Waals surface area contributed by atoms with Gasteiger partial charge in [-0.2, -0.15) is 12.6 Å². The van der Waals surface area contributed by atoms with E-state index in [1.54, 1.807) is 0 Å². The quantitative estimate of drug-likeness (QED) is 0.0363. The third-order valence-corrected chi connectivity index (χ3v) is 7.21. The molecule has 0 aliphatic rings. The molecular weight excluding hydrogens is 724 g/mol. The summed E-state index contributed by atoms with van der Waals surface area (Å²) in [5, 5.41) is 67.6. The van der Waals surface area contributed by atoms with E-state index in [4.69, 9.17) is 31.9 Å². The summed E-state index contributed by atoms with van der Waals surface area (Å²) in [4.78, 5) is 121. The van der Waals surface area contributed by atoms with Gasteiger partial charge in [-0.1, -0.05) is 0 Å². The summed E-state index contributed by atoms with van der Waals surface area (Å²) < 4.78 is 0. The summed E-state index contributed by atoms with van der Waals surface area (Å²) in [6.45, 7) is -3.20. The molecule has 0 aromatic rings. The molecule has 0 saturated carbocycles. The van der Waals surface area contributed by atoms with Crippen molar-refractivity contribution in [1.29, 1.82) is 0 Å². The Hall–Kier alpha value is -5.11. The van der Waals surface area contributed by atoms with E-state index in [1.807, 2.05) is 10.6 Å². The van der Waals surface area contributed by atoms with Crippen LogP contribution in [0.2, 0.25) is 0 Å². The summed E-state index contributed by atoms with van der Waals surface area (Å²) >= 11 is 3.97. The van der Waals surface area contributed by atoms with Gasteiger partial charge in [0, 0.05) is 25.0 Å². The van der Waals surface area contributed by atoms with Gasteiger partial charge in [0.05, 0.1) is 25.9 Å². The molecule has 16 N–H and O–H groups in total. The number of carbonyl (C=O) groups is 10. The van der Waals surface area contributed by atoms with Crippen LogP contribution in [-0.4, -0.2) is 158 Å². The molecule has 25 heteroatoms. The van der Waals surface area contributed by atoms with Gasteiger partial charge >= 0.3 is 17.9 Å². The minimum atomic E-state index is -1.83. The topological polar surface area (TPSA) is 416 Å². The molecule has 52 heavy (non-hydrogen) atoms. The first kappa shape index (κ1) is 46.9. The molecule has 294 valence electrons. The summed E-state index contributed by atoms with van der Waals surface area (Å²) in [5.74, 6) is -12.6. The fourth-order valence-corrected chi connectivity index (χ4v) is 4.17. The molecule has 0 heterocycles. The molecule has 0 radical (unpaired) electrons. The predicted molar refractivity (Wildman–Crippen MR) is 174 cm³/mol. The van der Waals surface area contributed by atoms with Crippen LogP contribution >= 0.6 is 12.6 Å². The molecule has 0 bridgehead atoms. The molecule has 0 aromatic carbocycles. The maximum absolute atomic E-state index is 13.2. The summed E-state index contributed by atoms with van der Waals surface area (Å²) in [6, 6.07) is -11.7. The molecule has 24 nitrogen and oxygen atoms in total. The van der Waals surface area contributed by atoms with Crippen LogP contribution in [-0.2, 0) is 47.9 Å². The number of aliphatic carboxylic acids is 3. The van der Waals surface area contributed by atoms with Crippen molar-refractivity contribution in [2.24, 2.45) is 11.5 Å². The van der Waals surface area contributed by atoms with E-state index in [9.17, 15) is 58.2 Å². The Kier molecular flexibility index (Phi) is 21.8. The van der Waals surface area contributed by atoms with Gasteiger partial charge in [-0.15, -0.1) is 0 Å². The maximum atomic E-state index is 13.2. The van der Waals surface area contributed by atoms with Crippen LogP contribution < -0.4 is 43.4 Å². The predicted octanol–water partition coefficient (Wildman–Crippen LogP) is -7.79. The largest absolute Gasteiger partial charge is 0.481 e. The number of hydrogen-bond acceptors (Lipinski definition) is 15. The van der Waals surface area contributed by atoms with Crippen molar-refractivity contribution in [2.45, 2.75) is 80.8 Å². The SMILES string of the molecule is NC(=O)CC[C@H](NC(=O)[C@H](CCC(=O)O)NC(=O)[C@@H](N)CCC(=O)O)C(=O)N[C@@H](CS)C(=O)N[C@@H](CO)C(=O)N[C@@H](CO)C(=O)N[C@@H](CO)C(=O)O. The van der Waals surface area contributed by atoms with E-state index in [1.165, 1.54) is 0 Å². The van der Waals surface area contributed by atoms with Crippen LogP contribution in [0.15, 0.2) is 0 Å². The van der Waals surface area contributed by atoms with Gasteiger partial charge in [0.1, 0.15) is 36.3 Å². The van der Waals surface area contributed by atoms with Gasteiger partial charge in [-0.05, 0) is 19.3 Å². The van der Waals surface area contributed by atoms with E-state index < -0.39 is 159 Å². The third-order valence-electron chi connectivity index (χ3n) is 6.84. The van der Waals surface area contributed by atoms with Gasteiger partial charge in [0.25, 0.3) is 0 Å². The second-order valence-corrected chi connectivity index (χ2v) is 11.3. The number of carboxylic acids is 3. The normalized spacial score (nSPS) is 14.8. The van der Waals surface area contributed by atoms with E-state index in [0.717, 1.165) is 0 Å². The average molecular weight is 769 g/mol. The number of aliphatic hydroxyl groups excluding tert-OH is 3. The van der Waals surface area contributed by atoms with Crippen molar-refractivity contribution in [1.82, 2.24) is 31.9 Å². The Morgan fingerprint density at radius 2 is 0.808 bits per heavy atom. The first-order chi connectivity index (χ1) is 24.3. The number of amides is 7. The minimum Gasteiger partial charge on any atom is -0.481 e. The molecule has 0 spiro atoms. The van der Waals surface area contributed by atoms with Gasteiger partial charge in [0.2, 0.25) is 41.4 Å². The van der Waals surface area contributed by atoms with Crippen LogP contribution in [0.3, 0.4) is 0 Å².